The fraction of sp³-hybridized carbons (Fsp3) is 0.300. The molecule has 0 fully saturated rings. The van der Waals surface area contributed by atoms with Gasteiger partial charge in [0.25, 0.3) is 0 Å². The number of nitrogens with one attached hydrogen (secondary N) is 1. The average molecular weight is 366 g/mol. The quantitative estimate of drug-likeness (QED) is 0.858. The standard InChI is InChI=1S/C10H8Cl2F3NO4S/c1-9(8(17)18,10(13,14)15)16-21(19,20)5-2-3-6(11)7(12)4-5/h2-4,16H,1H3,(H,17,18). The van der Waals surface area contributed by atoms with Gasteiger partial charge in [-0.05, 0) is 25.1 Å². The van der Waals surface area contributed by atoms with Gasteiger partial charge in [0.15, 0.2) is 0 Å². The van der Waals surface area contributed by atoms with Crippen LogP contribution in [0.1, 0.15) is 6.92 Å². The second kappa shape index (κ2) is 5.64. The van der Waals surface area contributed by atoms with Crippen LogP contribution in [0.3, 0.4) is 0 Å². The summed E-state index contributed by atoms with van der Waals surface area (Å²) in [6.45, 7) is 0.199. The van der Waals surface area contributed by atoms with Crippen LogP contribution in [0.25, 0.3) is 0 Å². The lowest BCUT2D eigenvalue weighted by atomic mass is 10.0. The zero-order valence-corrected chi connectivity index (χ0v) is 12.5. The molecule has 0 aliphatic rings. The van der Waals surface area contributed by atoms with Crippen LogP contribution in [0, 0.1) is 0 Å². The summed E-state index contributed by atoms with van der Waals surface area (Å²) in [5, 5.41) is 8.47. The second-order valence-corrected chi connectivity index (χ2v) is 6.61. The minimum Gasteiger partial charge on any atom is -0.480 e. The number of hydrogen-bond donors (Lipinski definition) is 2. The third kappa shape index (κ3) is 3.60. The Hall–Kier alpha value is -1.03. The van der Waals surface area contributed by atoms with Gasteiger partial charge >= 0.3 is 12.1 Å². The Labute approximate surface area is 127 Å². The van der Waals surface area contributed by atoms with Crippen molar-refractivity contribution in [3.63, 3.8) is 0 Å². The van der Waals surface area contributed by atoms with Crippen molar-refractivity contribution in [1.29, 1.82) is 0 Å². The van der Waals surface area contributed by atoms with Crippen molar-refractivity contribution in [2.24, 2.45) is 0 Å². The molecule has 118 valence electrons. The molecule has 21 heavy (non-hydrogen) atoms. The van der Waals surface area contributed by atoms with E-state index >= 15 is 0 Å². The third-order valence-corrected chi connectivity index (χ3v) is 4.83. The normalized spacial score (nSPS) is 15.5. The number of aliphatic carboxylic acids is 1. The molecular weight excluding hydrogens is 358 g/mol. The van der Waals surface area contributed by atoms with Crippen molar-refractivity contribution < 1.29 is 31.5 Å². The molecule has 1 aromatic rings. The lowest BCUT2D eigenvalue weighted by molar-refractivity contribution is -0.201. The van der Waals surface area contributed by atoms with Crippen molar-refractivity contribution in [2.75, 3.05) is 0 Å². The van der Waals surface area contributed by atoms with Crippen LogP contribution >= 0.6 is 23.2 Å². The number of sulfonamides is 1. The van der Waals surface area contributed by atoms with E-state index in [1.54, 1.807) is 0 Å². The SMILES string of the molecule is CC(NS(=O)(=O)c1ccc(Cl)c(Cl)c1)(C(=O)O)C(F)(F)F. The Morgan fingerprint density at radius 3 is 2.14 bits per heavy atom. The largest absolute Gasteiger partial charge is 0.480 e. The van der Waals surface area contributed by atoms with E-state index in [1.165, 1.54) is 0 Å². The molecule has 11 heteroatoms. The molecule has 0 saturated carbocycles. The average Bonchev–Trinajstić information content (AvgIpc) is 2.30. The highest BCUT2D eigenvalue weighted by Crippen LogP contribution is 2.32. The van der Waals surface area contributed by atoms with Crippen LogP contribution in [-0.2, 0) is 14.8 Å². The molecule has 0 radical (unpaired) electrons. The molecule has 0 aliphatic carbocycles. The van der Waals surface area contributed by atoms with Gasteiger partial charge in [0, 0.05) is 0 Å². The highest BCUT2D eigenvalue weighted by Gasteiger charge is 2.59. The molecule has 0 spiro atoms. The molecule has 5 nitrogen and oxygen atoms in total. The summed E-state index contributed by atoms with van der Waals surface area (Å²) in [4.78, 5) is 10.2. The minimum absolute atomic E-state index is 0.00701. The molecule has 1 rings (SSSR count). The molecular formula is C10H8Cl2F3NO4S. The topological polar surface area (TPSA) is 83.5 Å². The number of hydrogen-bond acceptors (Lipinski definition) is 3. The second-order valence-electron chi connectivity index (χ2n) is 4.11. The highest BCUT2D eigenvalue weighted by molar-refractivity contribution is 7.89. The van der Waals surface area contributed by atoms with Crippen LogP contribution in [0.2, 0.25) is 10.0 Å². The zero-order valence-electron chi connectivity index (χ0n) is 10.2. The number of carboxylic acids is 1. The van der Waals surface area contributed by atoms with Gasteiger partial charge in [-0.1, -0.05) is 23.2 Å². The molecule has 0 aromatic heterocycles. The van der Waals surface area contributed by atoms with Crippen molar-refractivity contribution in [1.82, 2.24) is 4.72 Å². The summed E-state index contributed by atoms with van der Waals surface area (Å²) in [5.41, 5.74) is -3.68. The fourth-order valence-electron chi connectivity index (χ4n) is 1.19. The Morgan fingerprint density at radius 1 is 1.24 bits per heavy atom. The van der Waals surface area contributed by atoms with Gasteiger partial charge in [0.1, 0.15) is 0 Å². The van der Waals surface area contributed by atoms with E-state index in [0.29, 0.717) is 0 Å². The summed E-state index contributed by atoms with van der Waals surface area (Å²) in [6, 6.07) is 2.77. The number of alkyl halides is 3. The molecule has 0 amide bonds. The van der Waals surface area contributed by atoms with E-state index in [2.05, 4.69) is 0 Å². The number of rotatable bonds is 4. The first kappa shape index (κ1) is 18.0. The monoisotopic (exact) mass is 365 g/mol. The molecule has 0 aliphatic heterocycles. The molecule has 0 bridgehead atoms. The lowest BCUT2D eigenvalue weighted by Crippen LogP contribution is -2.61. The molecule has 1 atom stereocenters. The first-order chi connectivity index (χ1) is 9.31. The fourth-order valence-corrected chi connectivity index (χ4v) is 2.94. The van der Waals surface area contributed by atoms with Gasteiger partial charge < -0.3 is 5.11 Å². The van der Waals surface area contributed by atoms with E-state index in [1.807, 2.05) is 0 Å². The van der Waals surface area contributed by atoms with Gasteiger partial charge in [-0.15, -0.1) is 0 Å². The first-order valence-corrected chi connectivity index (χ1v) is 7.34. The van der Waals surface area contributed by atoms with E-state index < -0.39 is 32.6 Å². The molecule has 0 heterocycles. The van der Waals surface area contributed by atoms with Gasteiger partial charge in [-0.25, -0.2) is 13.2 Å². The number of benzene rings is 1. The highest BCUT2D eigenvalue weighted by atomic mass is 35.5. The Morgan fingerprint density at radius 2 is 1.76 bits per heavy atom. The minimum atomic E-state index is -5.35. The van der Waals surface area contributed by atoms with Crippen molar-refractivity contribution >= 4 is 39.2 Å². The number of halogens is 5. The summed E-state index contributed by atoms with van der Waals surface area (Å²) in [5.74, 6) is -2.39. The smallest absolute Gasteiger partial charge is 0.418 e. The third-order valence-electron chi connectivity index (χ3n) is 2.53. The maximum Gasteiger partial charge on any atom is 0.418 e. The van der Waals surface area contributed by atoms with Crippen molar-refractivity contribution in [3.05, 3.63) is 28.2 Å². The van der Waals surface area contributed by atoms with E-state index in [4.69, 9.17) is 28.3 Å². The van der Waals surface area contributed by atoms with Crippen LogP contribution < -0.4 is 4.72 Å². The molecule has 1 unspecified atom stereocenters. The maximum atomic E-state index is 12.8. The van der Waals surface area contributed by atoms with Crippen LogP contribution in [0.5, 0.6) is 0 Å². The summed E-state index contributed by atoms with van der Waals surface area (Å²) >= 11 is 11.1. The van der Waals surface area contributed by atoms with Gasteiger partial charge in [0.05, 0.1) is 14.9 Å². The van der Waals surface area contributed by atoms with Gasteiger partial charge in [-0.3, -0.25) is 0 Å². The summed E-state index contributed by atoms with van der Waals surface area (Å²) in [6.07, 6.45) is -5.35. The van der Waals surface area contributed by atoms with Crippen LogP contribution in [-0.4, -0.2) is 31.2 Å². The Balaban J connectivity index is 3.31. The van der Waals surface area contributed by atoms with Crippen molar-refractivity contribution in [2.45, 2.75) is 23.5 Å². The lowest BCUT2D eigenvalue weighted by Gasteiger charge is -2.28. The molecule has 2 N–H and O–H groups in total. The predicted octanol–water partition coefficient (Wildman–Crippen LogP) is 2.68. The summed E-state index contributed by atoms with van der Waals surface area (Å²) < 4.78 is 63.3. The van der Waals surface area contributed by atoms with Gasteiger partial charge in [-0.2, -0.15) is 17.9 Å². The first-order valence-electron chi connectivity index (χ1n) is 5.10. The molecule has 1 aromatic carbocycles. The Bertz CT molecular complexity index is 677. The van der Waals surface area contributed by atoms with E-state index in [0.717, 1.165) is 22.9 Å². The van der Waals surface area contributed by atoms with Crippen LogP contribution in [0.4, 0.5) is 13.2 Å². The Kier molecular flexibility index (Phi) is 4.84. The van der Waals surface area contributed by atoms with E-state index in [9.17, 15) is 26.4 Å². The maximum absolute atomic E-state index is 12.8. The summed E-state index contributed by atoms with van der Waals surface area (Å²) in [7, 11) is -4.78. The number of carbonyl (C=O) groups is 1. The number of carboxylic acid groups (broad SMARTS) is 1. The van der Waals surface area contributed by atoms with Crippen molar-refractivity contribution in [3.8, 4) is 0 Å². The predicted molar refractivity (Wildman–Crippen MR) is 68.9 cm³/mol. The molecule has 0 saturated heterocycles. The van der Waals surface area contributed by atoms with Gasteiger partial charge in [0.2, 0.25) is 15.6 Å². The van der Waals surface area contributed by atoms with Crippen LogP contribution in [0.15, 0.2) is 23.1 Å². The zero-order chi connectivity index (χ0) is 16.6. The van der Waals surface area contributed by atoms with E-state index in [-0.39, 0.29) is 17.0 Å².